The number of nitrogens with zero attached hydrogens (tertiary/aromatic N) is 1. The Hall–Kier alpha value is -2.24. The number of hydrogen-bond acceptors (Lipinski definition) is 3. The molecule has 0 bridgehead atoms. The fraction of sp³-hybridized carbons (Fsp3) is 0.154. The van der Waals surface area contributed by atoms with Gasteiger partial charge in [0.2, 0.25) is 0 Å². The minimum Gasteiger partial charge on any atom is -0.496 e. The molecule has 2 aromatic rings. The summed E-state index contributed by atoms with van der Waals surface area (Å²) in [5.74, 6) is 0.334. The topological polar surface area (TPSA) is 48.1 Å². The first-order valence-corrected chi connectivity index (χ1v) is 5.38. The van der Waals surface area contributed by atoms with E-state index in [4.69, 9.17) is 10.5 Å². The van der Waals surface area contributed by atoms with Crippen molar-refractivity contribution >= 4 is 5.69 Å². The Morgan fingerprint density at radius 2 is 1.89 bits per heavy atom. The molecule has 0 aliphatic rings. The third kappa shape index (κ3) is 2.78. The van der Waals surface area contributed by atoms with E-state index < -0.39 is 11.7 Å². The Balaban J connectivity index is 2.60. The molecule has 1 aromatic heterocycles. The van der Waals surface area contributed by atoms with Gasteiger partial charge in [0.1, 0.15) is 5.75 Å². The zero-order valence-electron chi connectivity index (χ0n) is 10.0. The summed E-state index contributed by atoms with van der Waals surface area (Å²) in [7, 11) is 1.39. The van der Waals surface area contributed by atoms with Crippen LogP contribution in [0, 0.1) is 0 Å². The minimum atomic E-state index is -4.41. The number of aromatic nitrogens is 1. The molecule has 0 spiro atoms. The molecule has 0 amide bonds. The van der Waals surface area contributed by atoms with Crippen LogP contribution in [0.1, 0.15) is 5.56 Å². The van der Waals surface area contributed by atoms with Crippen LogP contribution in [-0.4, -0.2) is 12.1 Å². The van der Waals surface area contributed by atoms with Gasteiger partial charge in [-0.3, -0.25) is 4.98 Å². The monoisotopic (exact) mass is 268 g/mol. The molecule has 19 heavy (non-hydrogen) atoms. The summed E-state index contributed by atoms with van der Waals surface area (Å²) < 4.78 is 43.2. The standard InChI is InChI=1S/C13H11F3N2O/c1-19-12-3-2-9(13(14,15)16)5-11(12)8-4-10(17)7-18-6-8/h2-7H,17H2,1H3. The van der Waals surface area contributed by atoms with Gasteiger partial charge in [0, 0.05) is 23.5 Å². The summed E-state index contributed by atoms with van der Waals surface area (Å²) in [4.78, 5) is 3.87. The third-order valence-electron chi connectivity index (χ3n) is 2.60. The molecular formula is C13H11F3N2O. The molecule has 0 saturated carbocycles. The van der Waals surface area contributed by atoms with Crippen LogP contribution in [0.15, 0.2) is 36.7 Å². The van der Waals surface area contributed by atoms with E-state index in [1.165, 1.54) is 25.6 Å². The van der Waals surface area contributed by atoms with Gasteiger partial charge in [0.25, 0.3) is 0 Å². The second-order valence-corrected chi connectivity index (χ2v) is 3.92. The Kier molecular flexibility index (Phi) is 3.33. The van der Waals surface area contributed by atoms with Crippen molar-refractivity contribution in [2.24, 2.45) is 0 Å². The van der Waals surface area contributed by atoms with E-state index in [0.717, 1.165) is 12.1 Å². The van der Waals surface area contributed by atoms with Gasteiger partial charge in [-0.25, -0.2) is 0 Å². The van der Waals surface area contributed by atoms with Crippen molar-refractivity contribution in [2.45, 2.75) is 6.18 Å². The first kappa shape index (κ1) is 13.2. The number of nitrogen functional groups attached to an aromatic ring is 1. The second kappa shape index (κ2) is 4.79. The molecule has 0 unspecified atom stereocenters. The molecule has 1 aromatic carbocycles. The van der Waals surface area contributed by atoms with Crippen LogP contribution < -0.4 is 10.5 Å². The summed E-state index contributed by atoms with van der Waals surface area (Å²) in [6.45, 7) is 0. The average Bonchev–Trinajstić information content (AvgIpc) is 2.37. The number of methoxy groups -OCH3 is 1. The molecule has 2 rings (SSSR count). The lowest BCUT2D eigenvalue weighted by Gasteiger charge is -2.13. The van der Waals surface area contributed by atoms with Gasteiger partial charge in [-0.2, -0.15) is 13.2 Å². The van der Waals surface area contributed by atoms with Crippen molar-refractivity contribution in [3.05, 3.63) is 42.2 Å². The van der Waals surface area contributed by atoms with Crippen molar-refractivity contribution in [3.8, 4) is 16.9 Å². The largest absolute Gasteiger partial charge is 0.496 e. The summed E-state index contributed by atoms with van der Waals surface area (Å²) >= 11 is 0. The predicted molar refractivity (Wildman–Crippen MR) is 65.6 cm³/mol. The second-order valence-electron chi connectivity index (χ2n) is 3.92. The van der Waals surface area contributed by atoms with E-state index in [9.17, 15) is 13.2 Å². The maximum Gasteiger partial charge on any atom is 0.416 e. The van der Waals surface area contributed by atoms with E-state index in [2.05, 4.69) is 4.98 Å². The molecule has 0 aliphatic carbocycles. The predicted octanol–water partition coefficient (Wildman–Crippen LogP) is 3.36. The highest BCUT2D eigenvalue weighted by Crippen LogP contribution is 2.37. The summed E-state index contributed by atoms with van der Waals surface area (Å²) in [6.07, 6.45) is -1.55. The van der Waals surface area contributed by atoms with E-state index in [-0.39, 0.29) is 0 Å². The smallest absolute Gasteiger partial charge is 0.416 e. The fourth-order valence-electron chi connectivity index (χ4n) is 1.71. The molecule has 0 saturated heterocycles. The molecule has 0 aliphatic heterocycles. The number of pyridine rings is 1. The highest BCUT2D eigenvalue weighted by Gasteiger charge is 2.31. The zero-order valence-corrected chi connectivity index (χ0v) is 10.0. The Morgan fingerprint density at radius 1 is 1.16 bits per heavy atom. The van der Waals surface area contributed by atoms with Crippen LogP contribution >= 0.6 is 0 Å². The normalized spacial score (nSPS) is 11.4. The van der Waals surface area contributed by atoms with E-state index in [0.29, 0.717) is 22.6 Å². The number of nitrogens with two attached hydrogens (primary N) is 1. The maximum atomic E-state index is 12.7. The number of halogens is 3. The third-order valence-corrected chi connectivity index (χ3v) is 2.60. The Labute approximate surface area is 107 Å². The van der Waals surface area contributed by atoms with E-state index >= 15 is 0 Å². The van der Waals surface area contributed by atoms with Crippen LogP contribution in [0.3, 0.4) is 0 Å². The number of alkyl halides is 3. The number of anilines is 1. The van der Waals surface area contributed by atoms with Crippen molar-refractivity contribution in [3.63, 3.8) is 0 Å². The Morgan fingerprint density at radius 3 is 2.47 bits per heavy atom. The van der Waals surface area contributed by atoms with Crippen molar-refractivity contribution in [1.82, 2.24) is 4.98 Å². The van der Waals surface area contributed by atoms with Crippen LogP contribution in [-0.2, 0) is 6.18 Å². The van der Waals surface area contributed by atoms with Gasteiger partial charge < -0.3 is 10.5 Å². The van der Waals surface area contributed by atoms with Crippen LogP contribution in [0.25, 0.3) is 11.1 Å². The number of ether oxygens (including phenoxy) is 1. The van der Waals surface area contributed by atoms with Gasteiger partial charge in [-0.1, -0.05) is 0 Å². The lowest BCUT2D eigenvalue weighted by Crippen LogP contribution is -2.05. The fourth-order valence-corrected chi connectivity index (χ4v) is 1.71. The van der Waals surface area contributed by atoms with Crippen LogP contribution in [0.5, 0.6) is 5.75 Å². The SMILES string of the molecule is COc1ccc(C(F)(F)F)cc1-c1cncc(N)c1. The lowest BCUT2D eigenvalue weighted by molar-refractivity contribution is -0.137. The maximum absolute atomic E-state index is 12.7. The number of hydrogen-bond donors (Lipinski definition) is 1. The van der Waals surface area contributed by atoms with E-state index in [1.807, 2.05) is 0 Å². The molecule has 2 N–H and O–H groups in total. The number of benzene rings is 1. The van der Waals surface area contributed by atoms with Crippen molar-refractivity contribution in [2.75, 3.05) is 12.8 Å². The van der Waals surface area contributed by atoms with Gasteiger partial charge in [0.15, 0.2) is 0 Å². The first-order chi connectivity index (χ1) is 8.91. The van der Waals surface area contributed by atoms with Crippen molar-refractivity contribution in [1.29, 1.82) is 0 Å². The molecular weight excluding hydrogens is 257 g/mol. The van der Waals surface area contributed by atoms with Crippen LogP contribution in [0.4, 0.5) is 18.9 Å². The van der Waals surface area contributed by atoms with Gasteiger partial charge in [-0.05, 0) is 24.3 Å². The van der Waals surface area contributed by atoms with Gasteiger partial charge in [0.05, 0.1) is 18.4 Å². The summed E-state index contributed by atoms with van der Waals surface area (Å²) in [6, 6.07) is 4.82. The molecule has 0 atom stereocenters. The quantitative estimate of drug-likeness (QED) is 0.908. The van der Waals surface area contributed by atoms with Crippen LogP contribution in [0.2, 0.25) is 0 Å². The molecule has 0 radical (unpaired) electrons. The molecule has 6 heteroatoms. The zero-order chi connectivity index (χ0) is 14.0. The van der Waals surface area contributed by atoms with Gasteiger partial charge in [-0.15, -0.1) is 0 Å². The highest BCUT2D eigenvalue weighted by atomic mass is 19.4. The lowest BCUT2D eigenvalue weighted by atomic mass is 10.0. The summed E-state index contributed by atoms with van der Waals surface area (Å²) in [5, 5.41) is 0. The Bertz CT molecular complexity index is 597. The van der Waals surface area contributed by atoms with Gasteiger partial charge >= 0.3 is 6.18 Å². The highest BCUT2D eigenvalue weighted by molar-refractivity contribution is 5.72. The minimum absolute atomic E-state index is 0.303. The molecule has 100 valence electrons. The molecule has 0 fully saturated rings. The van der Waals surface area contributed by atoms with E-state index in [1.54, 1.807) is 6.07 Å². The number of rotatable bonds is 2. The average molecular weight is 268 g/mol. The molecule has 3 nitrogen and oxygen atoms in total. The molecule has 1 heterocycles. The van der Waals surface area contributed by atoms with Crippen molar-refractivity contribution < 1.29 is 17.9 Å². The summed E-state index contributed by atoms with van der Waals surface area (Å²) in [5.41, 5.74) is 5.99. The first-order valence-electron chi connectivity index (χ1n) is 5.38.